The molecule has 1 aromatic carbocycles. The molecule has 0 radical (unpaired) electrons. The number of amides is 1. The minimum atomic E-state index is -0.0496. The van der Waals surface area contributed by atoms with Crippen molar-refractivity contribution < 1.29 is 9.53 Å². The van der Waals surface area contributed by atoms with E-state index in [1.165, 1.54) is 4.90 Å². The smallest absolute Gasteiger partial charge is 0.243 e. The second-order valence-electron chi connectivity index (χ2n) is 6.51. The van der Waals surface area contributed by atoms with Gasteiger partial charge in [-0.2, -0.15) is 0 Å². The zero-order valence-electron chi connectivity index (χ0n) is 16.6. The highest BCUT2D eigenvalue weighted by molar-refractivity contribution is 14.0. The van der Waals surface area contributed by atoms with E-state index in [1.54, 1.807) is 27.3 Å². The van der Waals surface area contributed by atoms with Gasteiger partial charge in [0.2, 0.25) is 5.91 Å². The molecule has 0 spiro atoms. The highest BCUT2D eigenvalue weighted by Gasteiger charge is 2.25. The molecule has 1 amide bonds. The zero-order valence-corrected chi connectivity index (χ0v) is 19.7. The summed E-state index contributed by atoms with van der Waals surface area (Å²) in [7, 11) is 5.09. The summed E-state index contributed by atoms with van der Waals surface area (Å²) in [6.45, 7) is 6.04. The number of methoxy groups -OCH3 is 1. The number of halogens is 2. The Labute approximate surface area is 189 Å². The summed E-state index contributed by atoms with van der Waals surface area (Å²) < 4.78 is 5.46. The molecule has 2 rings (SSSR count). The number of ether oxygens (including phenoxy) is 1. The van der Waals surface area contributed by atoms with Crippen molar-refractivity contribution in [3.63, 3.8) is 0 Å². The fourth-order valence-electron chi connectivity index (χ4n) is 2.81. The Morgan fingerprint density at radius 2 is 2.25 bits per heavy atom. The average Bonchev–Trinajstić information content (AvgIpc) is 3.11. The molecule has 1 aromatic rings. The van der Waals surface area contributed by atoms with Crippen LogP contribution in [0.2, 0.25) is 5.02 Å². The summed E-state index contributed by atoms with van der Waals surface area (Å²) in [5, 5.41) is 7.24. The van der Waals surface area contributed by atoms with Crippen molar-refractivity contribution in [2.75, 3.05) is 52.3 Å². The van der Waals surface area contributed by atoms with Crippen LogP contribution in [0.1, 0.15) is 6.42 Å². The van der Waals surface area contributed by atoms with Gasteiger partial charge >= 0.3 is 0 Å². The van der Waals surface area contributed by atoms with E-state index >= 15 is 0 Å². The highest BCUT2D eigenvalue weighted by Crippen LogP contribution is 2.33. The summed E-state index contributed by atoms with van der Waals surface area (Å²) >= 11 is 6.15. The number of nitrogens with one attached hydrogen (secondary N) is 2. The molecule has 0 bridgehead atoms. The molecule has 1 unspecified atom stereocenters. The number of guanidine groups is 1. The second kappa shape index (κ2) is 12.0. The number of hydrogen-bond acceptors (Lipinski definition) is 4. The van der Waals surface area contributed by atoms with Gasteiger partial charge in [-0.1, -0.05) is 17.7 Å². The number of carbonyl (C=O) groups is 1. The molecule has 1 aliphatic rings. The predicted octanol–water partition coefficient (Wildman–Crippen LogP) is 2.35. The second-order valence-corrected chi connectivity index (χ2v) is 6.95. The van der Waals surface area contributed by atoms with Crippen molar-refractivity contribution in [1.82, 2.24) is 15.5 Å². The third-order valence-electron chi connectivity index (χ3n) is 4.30. The summed E-state index contributed by atoms with van der Waals surface area (Å²) in [6.07, 6.45) is 2.69. The number of anilines is 1. The molecule has 0 aromatic heterocycles. The quantitative estimate of drug-likeness (QED) is 0.250. The molecule has 9 heteroatoms. The topological polar surface area (TPSA) is 69.2 Å². The Kier molecular flexibility index (Phi) is 10.4. The highest BCUT2D eigenvalue weighted by atomic mass is 127. The van der Waals surface area contributed by atoms with E-state index in [-0.39, 0.29) is 42.5 Å². The van der Waals surface area contributed by atoms with Crippen molar-refractivity contribution in [3.05, 3.63) is 35.9 Å². The maximum Gasteiger partial charge on any atom is 0.243 e. The van der Waals surface area contributed by atoms with E-state index in [0.29, 0.717) is 17.5 Å². The Morgan fingerprint density at radius 1 is 1.50 bits per heavy atom. The van der Waals surface area contributed by atoms with E-state index in [2.05, 4.69) is 27.1 Å². The van der Waals surface area contributed by atoms with Gasteiger partial charge in [-0.15, -0.1) is 30.6 Å². The Bertz CT molecular complexity index is 699. The SMILES string of the molecule is C=CCNC(=NCC(=O)N(C)C)NC1CCN(c2cc(Cl)ccc2OC)C1.I. The molecule has 0 aliphatic carbocycles. The average molecular weight is 522 g/mol. The van der Waals surface area contributed by atoms with Gasteiger partial charge < -0.3 is 25.2 Å². The van der Waals surface area contributed by atoms with Gasteiger partial charge in [0.1, 0.15) is 12.3 Å². The maximum atomic E-state index is 11.8. The molecular weight excluding hydrogens is 493 g/mol. The molecule has 0 saturated carbocycles. The lowest BCUT2D eigenvalue weighted by molar-refractivity contribution is -0.127. The van der Waals surface area contributed by atoms with Gasteiger partial charge in [0, 0.05) is 44.8 Å². The largest absolute Gasteiger partial charge is 0.495 e. The maximum absolute atomic E-state index is 11.8. The number of likely N-dealkylation sites (N-methyl/N-ethyl adjacent to an activating group) is 1. The first-order valence-corrected chi connectivity index (χ1v) is 9.26. The molecule has 7 nitrogen and oxygen atoms in total. The number of aliphatic imine (C=N–C) groups is 1. The van der Waals surface area contributed by atoms with E-state index in [0.717, 1.165) is 30.9 Å². The first-order valence-electron chi connectivity index (χ1n) is 8.89. The van der Waals surface area contributed by atoms with Crippen LogP contribution in [0.5, 0.6) is 5.75 Å². The third-order valence-corrected chi connectivity index (χ3v) is 4.53. The number of rotatable bonds is 7. The lowest BCUT2D eigenvalue weighted by Gasteiger charge is -2.22. The van der Waals surface area contributed by atoms with E-state index < -0.39 is 0 Å². The Morgan fingerprint density at radius 3 is 2.89 bits per heavy atom. The summed E-state index contributed by atoms with van der Waals surface area (Å²) in [5.41, 5.74) is 0.981. The molecule has 1 saturated heterocycles. The van der Waals surface area contributed by atoms with Crippen molar-refractivity contribution >= 4 is 53.1 Å². The van der Waals surface area contributed by atoms with Crippen molar-refractivity contribution in [3.8, 4) is 5.75 Å². The summed E-state index contributed by atoms with van der Waals surface area (Å²) in [5.74, 6) is 1.36. The number of hydrogen-bond donors (Lipinski definition) is 2. The first kappa shape index (κ1) is 24.4. The van der Waals surface area contributed by atoms with Crippen molar-refractivity contribution in [1.29, 1.82) is 0 Å². The monoisotopic (exact) mass is 521 g/mol. The fourth-order valence-corrected chi connectivity index (χ4v) is 2.98. The van der Waals surface area contributed by atoms with Gasteiger partial charge in [0.25, 0.3) is 0 Å². The zero-order chi connectivity index (χ0) is 19.8. The molecular formula is C19H29ClIN5O2. The lowest BCUT2D eigenvalue weighted by atomic mass is 10.2. The molecule has 156 valence electrons. The van der Waals surface area contributed by atoms with Crippen LogP contribution in [-0.4, -0.2) is 70.2 Å². The van der Waals surface area contributed by atoms with E-state index in [4.69, 9.17) is 16.3 Å². The minimum Gasteiger partial charge on any atom is -0.495 e. The predicted molar refractivity (Wildman–Crippen MR) is 126 cm³/mol. The number of benzene rings is 1. The molecule has 1 atom stereocenters. The van der Waals surface area contributed by atoms with Gasteiger partial charge in [-0.25, -0.2) is 4.99 Å². The molecule has 1 aliphatic heterocycles. The molecule has 1 fully saturated rings. The first-order chi connectivity index (χ1) is 12.9. The molecule has 2 N–H and O–H groups in total. The van der Waals surface area contributed by atoms with E-state index in [1.807, 2.05) is 18.2 Å². The van der Waals surface area contributed by atoms with E-state index in [9.17, 15) is 4.79 Å². The minimum absolute atomic E-state index is 0. The fraction of sp³-hybridized carbons (Fsp3) is 0.474. The van der Waals surface area contributed by atoms with Crippen LogP contribution in [-0.2, 0) is 4.79 Å². The van der Waals surface area contributed by atoms with Crippen molar-refractivity contribution in [2.45, 2.75) is 12.5 Å². The number of nitrogens with zero attached hydrogens (tertiary/aromatic N) is 3. The lowest BCUT2D eigenvalue weighted by Crippen LogP contribution is -2.45. The van der Waals surface area contributed by atoms with Crippen LogP contribution in [0.3, 0.4) is 0 Å². The van der Waals surface area contributed by atoms with Gasteiger partial charge in [0.15, 0.2) is 5.96 Å². The van der Waals surface area contributed by atoms with Crippen LogP contribution in [0.25, 0.3) is 0 Å². The molecule has 1 heterocycles. The Balaban J connectivity index is 0.00000392. The van der Waals surface area contributed by atoms with Crippen molar-refractivity contribution in [2.24, 2.45) is 4.99 Å². The van der Waals surface area contributed by atoms with Crippen LogP contribution in [0, 0.1) is 0 Å². The van der Waals surface area contributed by atoms with Gasteiger partial charge in [0.05, 0.1) is 12.8 Å². The summed E-state index contributed by atoms with van der Waals surface area (Å²) in [4.78, 5) is 19.9. The third kappa shape index (κ3) is 7.05. The van der Waals surface area contributed by atoms with Crippen LogP contribution in [0.15, 0.2) is 35.8 Å². The van der Waals surface area contributed by atoms with Crippen LogP contribution >= 0.6 is 35.6 Å². The number of carbonyl (C=O) groups excluding carboxylic acids is 1. The van der Waals surface area contributed by atoms with Crippen LogP contribution < -0.4 is 20.3 Å². The Hall–Kier alpha value is -1.68. The molecule has 28 heavy (non-hydrogen) atoms. The van der Waals surface area contributed by atoms with Gasteiger partial charge in [-0.05, 0) is 24.6 Å². The standard InChI is InChI=1S/C19H28ClN5O2.HI/c1-5-9-21-19(22-12-18(26)24(2)3)23-15-8-10-25(13-15)16-11-14(20)6-7-17(16)27-4;/h5-7,11,15H,1,8-10,12-13H2,2-4H3,(H2,21,22,23);1H. The van der Waals surface area contributed by atoms with Gasteiger partial charge in [-0.3, -0.25) is 4.79 Å². The normalized spacial score (nSPS) is 16.2. The summed E-state index contributed by atoms with van der Waals surface area (Å²) in [6, 6.07) is 5.81. The van der Waals surface area contributed by atoms with Crippen LogP contribution in [0.4, 0.5) is 5.69 Å².